The average Bonchev–Trinajstić information content (AvgIpc) is 2.96. The molecule has 1 aromatic carbocycles. The second-order valence-electron chi connectivity index (χ2n) is 6.51. The number of sulfone groups is 2. The molecule has 1 N–H and O–H groups in total. The number of nitrogens with zero attached hydrogens (tertiary/aromatic N) is 1. The second kappa shape index (κ2) is 7.46. The van der Waals surface area contributed by atoms with Crippen LogP contribution >= 0.6 is 0 Å². The Kier molecular flexibility index (Phi) is 5.45. The van der Waals surface area contributed by atoms with Gasteiger partial charge in [-0.2, -0.15) is 0 Å². The maximum atomic E-state index is 13.0. The summed E-state index contributed by atoms with van der Waals surface area (Å²) >= 11 is 0. The molecule has 2 aromatic rings. The Labute approximate surface area is 154 Å². The number of aryl methyl sites for hydroxylation is 1. The van der Waals surface area contributed by atoms with E-state index in [4.69, 9.17) is 0 Å². The van der Waals surface area contributed by atoms with Crippen molar-refractivity contribution in [1.82, 2.24) is 10.3 Å². The van der Waals surface area contributed by atoms with Crippen LogP contribution in [-0.4, -0.2) is 44.6 Å². The fourth-order valence-corrected chi connectivity index (χ4v) is 7.87. The van der Waals surface area contributed by atoms with Crippen LogP contribution in [0, 0.1) is 0 Å². The number of hydrogen-bond donors (Lipinski definition) is 1. The first-order chi connectivity index (χ1) is 12.3. The Hall–Kier alpha value is -1.77. The summed E-state index contributed by atoms with van der Waals surface area (Å²) in [6, 6.07) is 9.68. The zero-order valence-electron chi connectivity index (χ0n) is 14.5. The summed E-state index contributed by atoms with van der Waals surface area (Å²) < 4.78 is 50.3. The number of rotatable bonds is 6. The molecule has 1 aliphatic heterocycles. The van der Waals surface area contributed by atoms with Gasteiger partial charge in [0.1, 0.15) is 0 Å². The van der Waals surface area contributed by atoms with Gasteiger partial charge in [-0.25, -0.2) is 16.8 Å². The van der Waals surface area contributed by atoms with E-state index in [0.29, 0.717) is 6.54 Å². The standard InChI is InChI=1S/C18H22N2O4S2/c1-2-14-5-7-16(8-6-14)26(23,24)18-13-25(21,22)12-17(18)20-11-15-4-3-9-19-10-15/h3-10,17-18,20H,2,11-13H2,1H3/t17-,18-/m0/s1. The molecule has 2 atom stereocenters. The van der Waals surface area contributed by atoms with Gasteiger partial charge in [-0.05, 0) is 35.7 Å². The first kappa shape index (κ1) is 19.0. The summed E-state index contributed by atoms with van der Waals surface area (Å²) in [7, 11) is -7.16. The van der Waals surface area contributed by atoms with E-state index >= 15 is 0 Å². The lowest BCUT2D eigenvalue weighted by Crippen LogP contribution is -2.43. The van der Waals surface area contributed by atoms with Crippen molar-refractivity contribution in [3.05, 3.63) is 59.9 Å². The lowest BCUT2D eigenvalue weighted by molar-refractivity contribution is 0.525. The first-order valence-electron chi connectivity index (χ1n) is 8.47. The third kappa shape index (κ3) is 4.13. The van der Waals surface area contributed by atoms with Crippen molar-refractivity contribution < 1.29 is 16.8 Å². The number of benzene rings is 1. The molecule has 8 heteroatoms. The summed E-state index contributed by atoms with van der Waals surface area (Å²) in [5.74, 6) is -0.528. The molecule has 2 heterocycles. The van der Waals surface area contributed by atoms with Crippen molar-refractivity contribution in [1.29, 1.82) is 0 Å². The van der Waals surface area contributed by atoms with E-state index in [1.54, 1.807) is 42.7 Å². The van der Waals surface area contributed by atoms with Crippen molar-refractivity contribution in [2.75, 3.05) is 11.5 Å². The van der Waals surface area contributed by atoms with Crippen LogP contribution in [0.3, 0.4) is 0 Å². The normalized spacial score (nSPS) is 22.3. The van der Waals surface area contributed by atoms with E-state index < -0.39 is 31.0 Å². The van der Waals surface area contributed by atoms with Gasteiger partial charge in [-0.1, -0.05) is 25.1 Å². The summed E-state index contributed by atoms with van der Waals surface area (Å²) in [4.78, 5) is 4.18. The van der Waals surface area contributed by atoms with E-state index in [2.05, 4.69) is 10.3 Å². The van der Waals surface area contributed by atoms with Gasteiger partial charge in [0.25, 0.3) is 0 Å². The lowest BCUT2D eigenvalue weighted by Gasteiger charge is -2.20. The maximum absolute atomic E-state index is 13.0. The van der Waals surface area contributed by atoms with Gasteiger partial charge in [0, 0.05) is 25.0 Å². The molecule has 0 spiro atoms. The Balaban J connectivity index is 1.84. The van der Waals surface area contributed by atoms with E-state index in [0.717, 1.165) is 17.5 Å². The second-order valence-corrected chi connectivity index (χ2v) is 10.8. The molecular formula is C18H22N2O4S2. The predicted octanol–water partition coefficient (Wildman–Crippen LogP) is 1.37. The lowest BCUT2D eigenvalue weighted by atomic mass is 10.2. The molecule has 6 nitrogen and oxygen atoms in total. The summed E-state index contributed by atoms with van der Waals surface area (Å²) in [6.07, 6.45) is 4.13. The minimum Gasteiger partial charge on any atom is -0.308 e. The fourth-order valence-electron chi connectivity index (χ4n) is 3.15. The van der Waals surface area contributed by atoms with Gasteiger partial charge >= 0.3 is 0 Å². The monoisotopic (exact) mass is 394 g/mol. The van der Waals surface area contributed by atoms with Crippen LogP contribution in [0.25, 0.3) is 0 Å². The van der Waals surface area contributed by atoms with Gasteiger partial charge in [-0.15, -0.1) is 0 Å². The van der Waals surface area contributed by atoms with Crippen molar-refractivity contribution >= 4 is 19.7 Å². The Morgan fingerprint density at radius 1 is 1.12 bits per heavy atom. The van der Waals surface area contributed by atoms with Gasteiger partial charge < -0.3 is 5.32 Å². The van der Waals surface area contributed by atoms with E-state index in [9.17, 15) is 16.8 Å². The van der Waals surface area contributed by atoms with Crippen LogP contribution in [0.5, 0.6) is 0 Å². The molecule has 0 radical (unpaired) electrons. The fraction of sp³-hybridized carbons (Fsp3) is 0.389. The number of hydrogen-bond acceptors (Lipinski definition) is 6. The Bertz CT molecular complexity index is 956. The molecule has 1 aromatic heterocycles. The minimum atomic E-state index is -3.75. The summed E-state index contributed by atoms with van der Waals surface area (Å²) in [5, 5.41) is 2.11. The molecule has 0 bridgehead atoms. The highest BCUT2D eigenvalue weighted by Gasteiger charge is 2.45. The van der Waals surface area contributed by atoms with Crippen LogP contribution in [0.2, 0.25) is 0 Å². The van der Waals surface area contributed by atoms with Crippen LogP contribution < -0.4 is 5.32 Å². The zero-order chi connectivity index (χ0) is 18.8. The average molecular weight is 395 g/mol. The third-order valence-corrected chi connectivity index (χ3v) is 8.82. The molecule has 1 fully saturated rings. The predicted molar refractivity (Wildman–Crippen MR) is 100 cm³/mol. The highest BCUT2D eigenvalue weighted by Crippen LogP contribution is 2.26. The Morgan fingerprint density at radius 3 is 2.46 bits per heavy atom. The SMILES string of the molecule is CCc1ccc(S(=O)(=O)[C@H]2CS(=O)(=O)C[C@@H]2NCc2cccnc2)cc1. The van der Waals surface area contributed by atoms with E-state index in [1.807, 2.05) is 13.0 Å². The topological polar surface area (TPSA) is 93.2 Å². The molecule has 0 saturated carbocycles. The van der Waals surface area contributed by atoms with E-state index in [-0.39, 0.29) is 16.4 Å². The van der Waals surface area contributed by atoms with Crippen LogP contribution in [-0.2, 0) is 32.6 Å². The van der Waals surface area contributed by atoms with Crippen molar-refractivity contribution in [3.8, 4) is 0 Å². The molecule has 1 aliphatic rings. The van der Waals surface area contributed by atoms with Crippen LogP contribution in [0.4, 0.5) is 0 Å². The van der Waals surface area contributed by atoms with Gasteiger partial charge in [0.05, 0.1) is 21.7 Å². The molecule has 0 unspecified atom stereocenters. The molecule has 26 heavy (non-hydrogen) atoms. The highest BCUT2D eigenvalue weighted by molar-refractivity contribution is 7.96. The van der Waals surface area contributed by atoms with Crippen molar-refractivity contribution in [2.45, 2.75) is 36.1 Å². The molecular weight excluding hydrogens is 372 g/mol. The molecule has 0 amide bonds. The Morgan fingerprint density at radius 2 is 1.85 bits per heavy atom. The van der Waals surface area contributed by atoms with E-state index in [1.165, 1.54) is 0 Å². The summed E-state index contributed by atoms with van der Waals surface area (Å²) in [5.41, 5.74) is 1.91. The molecule has 140 valence electrons. The largest absolute Gasteiger partial charge is 0.308 e. The highest BCUT2D eigenvalue weighted by atomic mass is 32.2. The first-order valence-corrected chi connectivity index (χ1v) is 11.8. The number of nitrogens with one attached hydrogen (secondary N) is 1. The zero-order valence-corrected chi connectivity index (χ0v) is 16.1. The molecule has 0 aliphatic carbocycles. The quantitative estimate of drug-likeness (QED) is 0.795. The van der Waals surface area contributed by atoms with Gasteiger partial charge in [-0.3, -0.25) is 4.98 Å². The van der Waals surface area contributed by atoms with Crippen molar-refractivity contribution in [2.24, 2.45) is 0 Å². The van der Waals surface area contributed by atoms with Gasteiger partial charge in [0.15, 0.2) is 19.7 Å². The smallest absolute Gasteiger partial charge is 0.183 e. The number of pyridine rings is 1. The molecule has 3 rings (SSSR count). The van der Waals surface area contributed by atoms with Gasteiger partial charge in [0.2, 0.25) is 0 Å². The number of aromatic nitrogens is 1. The minimum absolute atomic E-state index is 0.171. The third-order valence-electron chi connectivity index (χ3n) is 4.65. The summed E-state index contributed by atoms with van der Waals surface area (Å²) in [6.45, 7) is 2.36. The van der Waals surface area contributed by atoms with Crippen LogP contribution in [0.1, 0.15) is 18.1 Å². The maximum Gasteiger partial charge on any atom is 0.183 e. The van der Waals surface area contributed by atoms with Crippen molar-refractivity contribution in [3.63, 3.8) is 0 Å². The van der Waals surface area contributed by atoms with Crippen LogP contribution in [0.15, 0.2) is 53.7 Å². The molecule has 1 saturated heterocycles.